The zero-order chi connectivity index (χ0) is 14.9. The minimum absolute atomic E-state index is 0.368. The Kier molecular flexibility index (Phi) is 6.10. The number of nitrogens with one attached hydrogen (secondary N) is 1. The molecule has 1 unspecified atom stereocenters. The van der Waals surface area contributed by atoms with Crippen molar-refractivity contribution in [1.29, 1.82) is 0 Å². The van der Waals surface area contributed by atoms with Gasteiger partial charge >= 0.3 is 0 Å². The summed E-state index contributed by atoms with van der Waals surface area (Å²) in [6.45, 7) is 3.60. The second-order valence-corrected chi connectivity index (χ2v) is 4.82. The Labute approximate surface area is 126 Å². The summed E-state index contributed by atoms with van der Waals surface area (Å²) in [5, 5.41) is 3.53. The predicted octanol–water partition coefficient (Wildman–Crippen LogP) is 3.81. The van der Waals surface area contributed by atoms with Crippen molar-refractivity contribution >= 4 is 0 Å². The van der Waals surface area contributed by atoms with E-state index in [9.17, 15) is 0 Å². The molecular weight excluding hydrogens is 262 g/mol. The maximum Gasteiger partial charge on any atom is 0.161 e. The highest BCUT2D eigenvalue weighted by Crippen LogP contribution is 2.25. The molecule has 112 valence electrons. The highest BCUT2D eigenvalue weighted by Gasteiger charge is 2.08. The van der Waals surface area contributed by atoms with Crippen molar-refractivity contribution in [2.45, 2.75) is 19.4 Å². The first-order chi connectivity index (χ1) is 10.3. The van der Waals surface area contributed by atoms with Gasteiger partial charge in [0.15, 0.2) is 11.5 Å². The number of methoxy groups -OCH3 is 1. The van der Waals surface area contributed by atoms with Crippen molar-refractivity contribution in [2.75, 3.05) is 20.3 Å². The molecule has 0 aliphatic carbocycles. The van der Waals surface area contributed by atoms with Crippen LogP contribution in [0.3, 0.4) is 0 Å². The Morgan fingerprint density at radius 3 is 2.29 bits per heavy atom. The monoisotopic (exact) mass is 285 g/mol. The molecule has 0 saturated heterocycles. The molecule has 3 heteroatoms. The van der Waals surface area contributed by atoms with Crippen LogP contribution in [0.4, 0.5) is 0 Å². The lowest BCUT2D eigenvalue weighted by Crippen LogP contribution is -2.25. The van der Waals surface area contributed by atoms with Gasteiger partial charge in [-0.15, -0.1) is 0 Å². The minimum atomic E-state index is 0.368. The molecular formula is C18H23NO2. The zero-order valence-electron chi connectivity index (χ0n) is 12.7. The predicted molar refractivity (Wildman–Crippen MR) is 86.0 cm³/mol. The van der Waals surface area contributed by atoms with Crippen molar-refractivity contribution in [3.8, 4) is 11.5 Å². The van der Waals surface area contributed by atoms with Crippen molar-refractivity contribution in [2.24, 2.45) is 0 Å². The van der Waals surface area contributed by atoms with E-state index in [1.807, 2.05) is 30.3 Å². The Bertz CT molecular complexity index is 528. The molecule has 0 bridgehead atoms. The summed E-state index contributed by atoms with van der Waals surface area (Å²) in [5.41, 5.74) is 1.32. The smallest absolute Gasteiger partial charge is 0.161 e. The summed E-state index contributed by atoms with van der Waals surface area (Å²) < 4.78 is 11.0. The van der Waals surface area contributed by atoms with Crippen LogP contribution in [0.5, 0.6) is 11.5 Å². The molecule has 0 aliphatic heterocycles. The summed E-state index contributed by atoms with van der Waals surface area (Å²) in [5.74, 6) is 1.56. The van der Waals surface area contributed by atoms with Crippen molar-refractivity contribution < 1.29 is 9.47 Å². The Morgan fingerprint density at radius 1 is 0.952 bits per heavy atom. The second-order valence-electron chi connectivity index (χ2n) is 4.82. The van der Waals surface area contributed by atoms with Crippen LogP contribution in [0.1, 0.15) is 24.9 Å². The molecule has 0 heterocycles. The lowest BCUT2D eigenvalue weighted by molar-refractivity contribution is 0.285. The molecule has 3 nitrogen and oxygen atoms in total. The quantitative estimate of drug-likeness (QED) is 0.748. The molecule has 0 saturated carbocycles. The van der Waals surface area contributed by atoms with Gasteiger partial charge in [-0.1, -0.05) is 49.4 Å². The molecule has 0 radical (unpaired) electrons. The van der Waals surface area contributed by atoms with Crippen molar-refractivity contribution in [3.05, 3.63) is 60.2 Å². The maximum atomic E-state index is 5.77. The normalized spacial score (nSPS) is 11.9. The van der Waals surface area contributed by atoms with Gasteiger partial charge in [-0.05, 0) is 24.1 Å². The van der Waals surface area contributed by atoms with Gasteiger partial charge in [0.2, 0.25) is 0 Å². The number of hydrogen-bond acceptors (Lipinski definition) is 3. The summed E-state index contributed by atoms with van der Waals surface area (Å²) in [7, 11) is 1.66. The largest absolute Gasteiger partial charge is 0.493 e. The van der Waals surface area contributed by atoms with E-state index >= 15 is 0 Å². The molecule has 1 N–H and O–H groups in total. The van der Waals surface area contributed by atoms with Crippen LogP contribution < -0.4 is 14.8 Å². The first-order valence-electron chi connectivity index (χ1n) is 7.39. The van der Waals surface area contributed by atoms with Crippen LogP contribution in [-0.2, 0) is 0 Å². The molecule has 2 rings (SSSR count). The number of rotatable bonds is 8. The van der Waals surface area contributed by atoms with E-state index in [1.165, 1.54) is 5.56 Å². The van der Waals surface area contributed by atoms with Crippen LogP contribution in [0.25, 0.3) is 0 Å². The average Bonchev–Trinajstić information content (AvgIpc) is 2.56. The van der Waals surface area contributed by atoms with Gasteiger partial charge in [0.05, 0.1) is 7.11 Å². The minimum Gasteiger partial charge on any atom is -0.493 e. The van der Waals surface area contributed by atoms with Gasteiger partial charge in [-0.3, -0.25) is 0 Å². The van der Waals surface area contributed by atoms with Gasteiger partial charge in [-0.25, -0.2) is 0 Å². The summed E-state index contributed by atoms with van der Waals surface area (Å²) >= 11 is 0. The van der Waals surface area contributed by atoms with Gasteiger partial charge in [0.25, 0.3) is 0 Å². The first kappa shape index (κ1) is 15.4. The number of para-hydroxylation sites is 2. The van der Waals surface area contributed by atoms with E-state index in [2.05, 4.69) is 36.5 Å². The van der Waals surface area contributed by atoms with Gasteiger partial charge in [0.1, 0.15) is 6.61 Å². The summed E-state index contributed by atoms with van der Waals surface area (Å²) in [4.78, 5) is 0. The Hall–Kier alpha value is -2.00. The molecule has 0 aliphatic rings. The molecule has 0 fully saturated rings. The molecule has 2 aromatic rings. The van der Waals surface area contributed by atoms with Crippen LogP contribution in [0.2, 0.25) is 0 Å². The van der Waals surface area contributed by atoms with Crippen molar-refractivity contribution in [1.82, 2.24) is 5.32 Å². The van der Waals surface area contributed by atoms with Crippen LogP contribution in [-0.4, -0.2) is 20.3 Å². The lowest BCUT2D eigenvalue weighted by Gasteiger charge is -2.18. The third-order valence-corrected chi connectivity index (χ3v) is 3.43. The third kappa shape index (κ3) is 4.50. The van der Waals surface area contributed by atoms with E-state index in [0.717, 1.165) is 24.5 Å². The second kappa shape index (κ2) is 8.32. The first-order valence-corrected chi connectivity index (χ1v) is 7.39. The van der Waals surface area contributed by atoms with Crippen molar-refractivity contribution in [3.63, 3.8) is 0 Å². The van der Waals surface area contributed by atoms with Crippen LogP contribution >= 0.6 is 0 Å². The Balaban J connectivity index is 1.81. The Morgan fingerprint density at radius 2 is 1.62 bits per heavy atom. The van der Waals surface area contributed by atoms with Gasteiger partial charge < -0.3 is 14.8 Å². The highest BCUT2D eigenvalue weighted by atomic mass is 16.5. The summed E-state index contributed by atoms with van der Waals surface area (Å²) in [6.07, 6.45) is 1.05. The third-order valence-electron chi connectivity index (χ3n) is 3.43. The van der Waals surface area contributed by atoms with Crippen LogP contribution in [0, 0.1) is 0 Å². The van der Waals surface area contributed by atoms with E-state index < -0.39 is 0 Å². The lowest BCUT2D eigenvalue weighted by atomic mass is 10.1. The fraction of sp³-hybridized carbons (Fsp3) is 0.333. The number of hydrogen-bond donors (Lipinski definition) is 1. The van der Waals surface area contributed by atoms with E-state index in [0.29, 0.717) is 12.6 Å². The molecule has 1 atom stereocenters. The number of benzene rings is 2. The van der Waals surface area contributed by atoms with E-state index in [1.54, 1.807) is 7.11 Å². The number of ether oxygens (including phenoxy) is 2. The molecule has 0 spiro atoms. The van der Waals surface area contributed by atoms with E-state index in [-0.39, 0.29) is 0 Å². The average molecular weight is 285 g/mol. The fourth-order valence-electron chi connectivity index (χ4n) is 2.32. The van der Waals surface area contributed by atoms with Crippen LogP contribution in [0.15, 0.2) is 54.6 Å². The SMILES string of the molecule is CCC(NCCOc1ccccc1OC)c1ccccc1. The fourth-order valence-corrected chi connectivity index (χ4v) is 2.32. The van der Waals surface area contributed by atoms with Gasteiger partial charge in [-0.2, -0.15) is 0 Å². The zero-order valence-corrected chi connectivity index (χ0v) is 12.7. The van der Waals surface area contributed by atoms with E-state index in [4.69, 9.17) is 9.47 Å². The summed E-state index contributed by atoms with van der Waals surface area (Å²) in [6, 6.07) is 18.6. The molecule has 0 aromatic heterocycles. The topological polar surface area (TPSA) is 30.5 Å². The molecule has 2 aromatic carbocycles. The van der Waals surface area contributed by atoms with Gasteiger partial charge in [0, 0.05) is 12.6 Å². The molecule has 0 amide bonds. The maximum absolute atomic E-state index is 5.77. The standard InChI is InChI=1S/C18H23NO2/c1-3-16(15-9-5-4-6-10-15)19-13-14-21-18-12-8-7-11-17(18)20-2/h4-12,16,19H,3,13-14H2,1-2H3. The molecule has 21 heavy (non-hydrogen) atoms. The highest BCUT2D eigenvalue weighted by molar-refractivity contribution is 5.39.